The first-order valence-electron chi connectivity index (χ1n) is 21.7. The highest BCUT2D eigenvalue weighted by molar-refractivity contribution is 6.02. The highest BCUT2D eigenvalue weighted by Gasteiger charge is 2.41. The van der Waals surface area contributed by atoms with Crippen molar-refractivity contribution >= 4 is 35.6 Å². The Balaban J connectivity index is 1.24. The van der Waals surface area contributed by atoms with Gasteiger partial charge in [-0.15, -0.1) is 0 Å². The Bertz CT molecular complexity index is 2320. The van der Waals surface area contributed by atoms with Gasteiger partial charge >= 0.3 is 24.0 Å². The Morgan fingerprint density at radius 1 is 0.606 bits per heavy atom. The molecule has 0 aliphatic heterocycles. The van der Waals surface area contributed by atoms with Crippen molar-refractivity contribution in [2.45, 2.75) is 94.3 Å². The summed E-state index contributed by atoms with van der Waals surface area (Å²) in [6.07, 6.45) is 35.0. The number of allylic oxidation sites excluding steroid dienone is 20. The largest absolute Gasteiger partial charge is 0.453 e. The van der Waals surface area contributed by atoms with Crippen LogP contribution in [0.3, 0.4) is 0 Å². The van der Waals surface area contributed by atoms with Crippen molar-refractivity contribution in [3.05, 3.63) is 167 Å². The quantitative estimate of drug-likeness (QED) is 0.122. The number of nitrogens with one attached hydrogen (secondary N) is 2. The van der Waals surface area contributed by atoms with Gasteiger partial charge in [0.2, 0.25) is 0 Å². The van der Waals surface area contributed by atoms with Gasteiger partial charge in [-0.05, 0) is 74.7 Å². The number of hydrogen-bond acceptors (Lipinski definition) is 10. The zero-order valence-corrected chi connectivity index (χ0v) is 39.6. The summed E-state index contributed by atoms with van der Waals surface area (Å²) in [6.45, 7) is 18.8. The summed E-state index contributed by atoms with van der Waals surface area (Å²) in [6, 6.07) is -1.04. The summed E-state index contributed by atoms with van der Waals surface area (Å²) in [7, 11) is 0. The number of aromatic nitrogens is 4. The molecule has 2 aromatic heterocycles. The van der Waals surface area contributed by atoms with Gasteiger partial charge in [0.05, 0.1) is 0 Å². The maximum absolute atomic E-state index is 13.2. The number of ether oxygens (including phenoxy) is 2. The molecule has 2 aliphatic carbocycles. The molecule has 348 valence electrons. The van der Waals surface area contributed by atoms with Crippen LogP contribution in [0.15, 0.2) is 167 Å². The number of carbonyl (C=O) groups excluding carboxylic acids is 6. The molecular formula is C52H62N6O8. The van der Waals surface area contributed by atoms with Crippen LogP contribution in [0.4, 0.5) is 9.59 Å². The third-order valence-electron chi connectivity index (χ3n) is 11.1. The average Bonchev–Trinajstić information content (AvgIpc) is 4.01. The molecule has 2 amide bonds. The fourth-order valence-electron chi connectivity index (χ4n) is 7.39. The predicted molar refractivity (Wildman–Crippen MR) is 255 cm³/mol. The van der Waals surface area contributed by atoms with E-state index in [9.17, 15) is 28.8 Å². The zero-order valence-electron chi connectivity index (χ0n) is 39.6. The van der Waals surface area contributed by atoms with Crippen molar-refractivity contribution in [2.75, 3.05) is 13.1 Å². The van der Waals surface area contributed by atoms with E-state index in [1.807, 2.05) is 140 Å². The van der Waals surface area contributed by atoms with E-state index in [2.05, 4.69) is 20.6 Å². The monoisotopic (exact) mass is 898 g/mol. The van der Waals surface area contributed by atoms with Crippen molar-refractivity contribution in [3.63, 3.8) is 0 Å². The third-order valence-corrected chi connectivity index (χ3v) is 11.1. The summed E-state index contributed by atoms with van der Waals surface area (Å²) in [5, 5.41) is 4.92. The van der Waals surface area contributed by atoms with Crippen LogP contribution in [0.1, 0.15) is 82.1 Å². The molecule has 0 fully saturated rings. The molecule has 14 nitrogen and oxygen atoms in total. The van der Waals surface area contributed by atoms with Crippen LogP contribution in [0.25, 0.3) is 0 Å². The van der Waals surface area contributed by atoms with E-state index in [-0.39, 0.29) is 24.7 Å². The van der Waals surface area contributed by atoms with Crippen LogP contribution in [0.2, 0.25) is 0 Å². The summed E-state index contributed by atoms with van der Waals surface area (Å²) in [4.78, 5) is 83.2. The molecule has 2 aliphatic rings. The van der Waals surface area contributed by atoms with Gasteiger partial charge in [0, 0.05) is 37.6 Å². The molecule has 14 heteroatoms. The number of rotatable bonds is 16. The van der Waals surface area contributed by atoms with Crippen LogP contribution >= 0.6 is 0 Å². The molecule has 2 aromatic rings. The lowest BCUT2D eigenvalue weighted by molar-refractivity contribution is -0.155. The van der Waals surface area contributed by atoms with E-state index in [1.54, 1.807) is 13.8 Å². The molecule has 2 N–H and O–H groups in total. The topological polar surface area (TPSA) is 181 Å². The number of esters is 2. The van der Waals surface area contributed by atoms with Crippen molar-refractivity contribution < 1.29 is 38.2 Å². The Morgan fingerprint density at radius 2 is 0.955 bits per heavy atom. The maximum atomic E-state index is 13.2. The summed E-state index contributed by atoms with van der Waals surface area (Å²) >= 11 is 0. The normalized spacial score (nSPS) is 19.8. The lowest BCUT2D eigenvalue weighted by Gasteiger charge is -2.36. The number of nitrogens with zero attached hydrogens (tertiary/aromatic N) is 4. The minimum absolute atomic E-state index is 0.252. The Morgan fingerprint density at radius 3 is 1.30 bits per heavy atom. The van der Waals surface area contributed by atoms with Gasteiger partial charge < -0.3 is 20.1 Å². The van der Waals surface area contributed by atoms with Gasteiger partial charge in [-0.1, -0.05) is 135 Å². The number of hydrogen-bond donors (Lipinski definition) is 2. The number of Topliss-reactive ketones (excluding diaryl/α,β-unsaturated/α-hetero) is 2. The fraction of sp³-hybridized carbons (Fsp3) is 0.346. The van der Waals surface area contributed by atoms with Crippen molar-refractivity contribution in [2.24, 2.45) is 10.8 Å². The second-order valence-corrected chi connectivity index (χ2v) is 17.6. The summed E-state index contributed by atoms with van der Waals surface area (Å²) in [5.74, 6) is -1.89. The number of ketones is 2. The summed E-state index contributed by atoms with van der Waals surface area (Å²) < 4.78 is 13.4. The van der Waals surface area contributed by atoms with Crippen molar-refractivity contribution in [1.82, 2.24) is 29.7 Å². The lowest BCUT2D eigenvalue weighted by Crippen LogP contribution is -2.41. The van der Waals surface area contributed by atoms with Crippen LogP contribution in [0, 0.1) is 10.8 Å². The van der Waals surface area contributed by atoms with Gasteiger partial charge in [0.15, 0.2) is 23.8 Å². The van der Waals surface area contributed by atoms with Gasteiger partial charge in [-0.2, -0.15) is 0 Å². The van der Waals surface area contributed by atoms with Gasteiger partial charge in [0.25, 0.3) is 0 Å². The van der Waals surface area contributed by atoms with E-state index in [0.717, 1.165) is 33.4 Å². The molecule has 0 aromatic carbocycles. The fourth-order valence-corrected chi connectivity index (χ4v) is 7.39. The molecule has 66 heavy (non-hydrogen) atoms. The van der Waals surface area contributed by atoms with Crippen LogP contribution in [0.5, 0.6) is 0 Å². The molecule has 0 saturated heterocycles. The second kappa shape index (κ2) is 23.6. The predicted octanol–water partition coefficient (Wildman–Crippen LogP) is 8.92. The zero-order chi connectivity index (χ0) is 48.6. The van der Waals surface area contributed by atoms with Crippen LogP contribution in [-0.2, 0) is 28.7 Å². The second-order valence-electron chi connectivity index (χ2n) is 17.6. The van der Waals surface area contributed by atoms with E-state index < -0.39 is 47.0 Å². The molecule has 0 radical (unpaired) electrons. The van der Waals surface area contributed by atoms with Gasteiger partial charge in [-0.25, -0.2) is 19.6 Å². The minimum Gasteiger partial charge on any atom is -0.453 e. The van der Waals surface area contributed by atoms with Gasteiger partial charge in [0.1, 0.15) is 25.7 Å². The number of carbonyl (C=O) groups is 6. The standard InChI is InChI=1S/C52H62N6O8/c1-35(17-13-19-37(3)21-23-41-39(5)47(61)43(29-51(41,7)8)65-45(59)31-55-49(63)57-27-25-53-33-57)15-11-12-16-36(2)18-14-20-38(4)22-24-42-40(6)48(62)44(30-52(42,9)10)66-46(60)32-56-50(64)58-28-26-54-34-58/h11-28,33-34,43-44H,29-32H2,1-10H3,(H,55,63)(H,56,64). The first-order chi connectivity index (χ1) is 31.2. The van der Waals surface area contributed by atoms with Gasteiger partial charge in [-0.3, -0.25) is 28.3 Å². The SMILES string of the molecule is CC(C=CC=C(C)C=CC1=C(C)C(=O)C(OC(=O)CNC(=O)n2ccnc2)CC1(C)C)=CC=CC=C(C)C=CC=C(C)C=CC1=C(C)C(=O)C(OC(=O)CNC(=O)n2ccnc2)CC1(C)C. The van der Waals surface area contributed by atoms with E-state index in [4.69, 9.17) is 9.47 Å². The smallest absolute Gasteiger partial charge is 0.327 e. The van der Waals surface area contributed by atoms with Crippen LogP contribution < -0.4 is 10.6 Å². The summed E-state index contributed by atoms with van der Waals surface area (Å²) in [5.41, 5.74) is 6.06. The number of imidazole rings is 2. The first kappa shape index (κ1) is 51.4. The molecule has 2 atom stereocenters. The maximum Gasteiger partial charge on any atom is 0.327 e. The average molecular weight is 899 g/mol. The van der Waals surface area contributed by atoms with E-state index >= 15 is 0 Å². The molecule has 2 heterocycles. The van der Waals surface area contributed by atoms with E-state index in [0.29, 0.717) is 24.0 Å². The third kappa shape index (κ3) is 15.2. The van der Waals surface area contributed by atoms with E-state index in [1.165, 1.54) is 46.6 Å². The molecule has 0 spiro atoms. The molecule has 0 saturated carbocycles. The first-order valence-corrected chi connectivity index (χ1v) is 21.7. The van der Waals surface area contributed by atoms with Crippen molar-refractivity contribution in [3.8, 4) is 0 Å². The lowest BCUT2D eigenvalue weighted by atomic mass is 9.71. The highest BCUT2D eigenvalue weighted by Crippen LogP contribution is 2.42. The molecule has 0 bridgehead atoms. The molecule has 2 unspecified atom stereocenters. The van der Waals surface area contributed by atoms with Crippen molar-refractivity contribution in [1.29, 1.82) is 0 Å². The Hall–Kier alpha value is -7.22. The molecular weight excluding hydrogens is 837 g/mol. The highest BCUT2D eigenvalue weighted by atomic mass is 16.6. The Labute approximate surface area is 387 Å². The van der Waals surface area contributed by atoms with Crippen LogP contribution in [-0.4, -0.2) is 80.0 Å². The minimum atomic E-state index is -0.933. The molecule has 4 rings (SSSR count). The Kier molecular flexibility index (Phi) is 18.4. The number of amides is 2.